The van der Waals surface area contributed by atoms with Crippen molar-refractivity contribution >= 4 is 7.92 Å². The maximum absolute atomic E-state index is 5.29. The largest absolute Gasteiger partial charge is 0.469 e. The highest BCUT2D eigenvalue weighted by Gasteiger charge is 2.12. The molecule has 1 heterocycles. The Morgan fingerprint density at radius 3 is 2.40 bits per heavy atom. The van der Waals surface area contributed by atoms with Crippen LogP contribution < -0.4 is 0 Å². The summed E-state index contributed by atoms with van der Waals surface area (Å²) in [5, 5.41) is 0. The van der Waals surface area contributed by atoms with Gasteiger partial charge in [-0.15, -0.1) is 0 Å². The van der Waals surface area contributed by atoms with Crippen LogP contribution in [-0.4, -0.2) is 11.3 Å². The SMILES string of the molecule is CC(C)P(C=CCc1ccco1)C(C)C. The topological polar surface area (TPSA) is 13.1 Å². The molecule has 1 aromatic rings. The lowest BCUT2D eigenvalue weighted by atomic mass is 10.3. The number of allylic oxidation sites excluding steroid dienone is 1. The molecule has 0 saturated carbocycles. The minimum absolute atomic E-state index is 0.0173. The zero-order valence-corrected chi connectivity index (χ0v) is 11.0. The van der Waals surface area contributed by atoms with E-state index in [1.165, 1.54) is 0 Å². The third-order valence-corrected chi connectivity index (χ3v) is 5.31. The predicted octanol–water partition coefficient (Wildman–Crippen LogP) is 4.63. The van der Waals surface area contributed by atoms with Crippen LogP contribution in [0.1, 0.15) is 33.5 Å². The third kappa shape index (κ3) is 4.22. The second kappa shape index (κ2) is 6.12. The second-order valence-corrected chi connectivity index (χ2v) is 7.56. The lowest BCUT2D eigenvalue weighted by Crippen LogP contribution is -2.00. The van der Waals surface area contributed by atoms with Crippen LogP contribution in [0, 0.1) is 0 Å². The van der Waals surface area contributed by atoms with Crippen LogP contribution >= 0.6 is 7.92 Å². The molecule has 0 fully saturated rings. The minimum Gasteiger partial charge on any atom is -0.469 e. The molecule has 0 bridgehead atoms. The molecule has 15 heavy (non-hydrogen) atoms. The summed E-state index contributed by atoms with van der Waals surface area (Å²) in [6.45, 7) is 9.23. The first kappa shape index (κ1) is 12.5. The molecule has 0 aromatic carbocycles. The van der Waals surface area contributed by atoms with Gasteiger partial charge in [0.1, 0.15) is 5.76 Å². The van der Waals surface area contributed by atoms with E-state index >= 15 is 0 Å². The van der Waals surface area contributed by atoms with E-state index in [4.69, 9.17) is 4.42 Å². The zero-order chi connectivity index (χ0) is 11.3. The van der Waals surface area contributed by atoms with Gasteiger partial charge in [0.15, 0.2) is 0 Å². The molecule has 0 unspecified atom stereocenters. The van der Waals surface area contributed by atoms with Gasteiger partial charge in [0.2, 0.25) is 0 Å². The van der Waals surface area contributed by atoms with Gasteiger partial charge in [-0.05, 0) is 23.5 Å². The van der Waals surface area contributed by atoms with E-state index in [2.05, 4.69) is 39.6 Å². The van der Waals surface area contributed by atoms with Gasteiger partial charge in [0.05, 0.1) is 6.26 Å². The summed E-state index contributed by atoms with van der Waals surface area (Å²) < 4.78 is 5.29. The van der Waals surface area contributed by atoms with Crippen LogP contribution in [0.4, 0.5) is 0 Å². The van der Waals surface area contributed by atoms with Crippen LogP contribution in [0.3, 0.4) is 0 Å². The highest BCUT2D eigenvalue weighted by atomic mass is 31.1. The van der Waals surface area contributed by atoms with Crippen molar-refractivity contribution in [3.63, 3.8) is 0 Å². The number of hydrogen-bond donors (Lipinski definition) is 0. The van der Waals surface area contributed by atoms with Crippen LogP contribution in [0.5, 0.6) is 0 Å². The van der Waals surface area contributed by atoms with Gasteiger partial charge in [-0.3, -0.25) is 0 Å². The molecular weight excluding hydrogens is 203 g/mol. The fourth-order valence-electron chi connectivity index (χ4n) is 1.66. The summed E-state index contributed by atoms with van der Waals surface area (Å²) in [4.78, 5) is 0. The van der Waals surface area contributed by atoms with Gasteiger partial charge in [0, 0.05) is 6.42 Å². The van der Waals surface area contributed by atoms with E-state index in [1.807, 2.05) is 12.1 Å². The molecule has 1 rings (SSSR count). The first-order chi connectivity index (χ1) is 7.11. The van der Waals surface area contributed by atoms with Gasteiger partial charge < -0.3 is 4.42 Å². The van der Waals surface area contributed by atoms with Crippen molar-refractivity contribution in [2.75, 3.05) is 0 Å². The van der Waals surface area contributed by atoms with Gasteiger partial charge in [-0.25, -0.2) is 0 Å². The molecule has 0 aliphatic carbocycles. The molecule has 0 saturated heterocycles. The molecule has 2 heteroatoms. The normalized spacial score (nSPS) is 12.5. The van der Waals surface area contributed by atoms with E-state index in [9.17, 15) is 0 Å². The molecule has 0 aliphatic rings. The Bertz CT molecular complexity index is 277. The van der Waals surface area contributed by atoms with Crippen LogP contribution in [-0.2, 0) is 6.42 Å². The third-order valence-electron chi connectivity index (χ3n) is 2.37. The smallest absolute Gasteiger partial charge is 0.107 e. The number of hydrogen-bond acceptors (Lipinski definition) is 1. The second-order valence-electron chi connectivity index (χ2n) is 4.30. The van der Waals surface area contributed by atoms with Gasteiger partial charge in [-0.1, -0.05) is 47.5 Å². The van der Waals surface area contributed by atoms with Crippen LogP contribution in [0.2, 0.25) is 0 Å². The average Bonchev–Trinajstić information content (AvgIpc) is 2.63. The van der Waals surface area contributed by atoms with E-state index in [0.29, 0.717) is 0 Å². The Morgan fingerprint density at radius 2 is 1.93 bits per heavy atom. The fourth-order valence-corrected chi connectivity index (χ4v) is 3.89. The summed E-state index contributed by atoms with van der Waals surface area (Å²) in [5.74, 6) is 3.45. The summed E-state index contributed by atoms with van der Waals surface area (Å²) >= 11 is 0. The van der Waals surface area contributed by atoms with E-state index in [-0.39, 0.29) is 7.92 Å². The van der Waals surface area contributed by atoms with Crippen molar-refractivity contribution in [3.05, 3.63) is 36.0 Å². The molecular formula is C13H21OP. The molecule has 1 nitrogen and oxygen atoms in total. The molecule has 0 radical (unpaired) electrons. The molecule has 0 atom stereocenters. The lowest BCUT2D eigenvalue weighted by molar-refractivity contribution is 0.523. The Balaban J connectivity index is 2.48. The van der Waals surface area contributed by atoms with E-state index in [1.54, 1.807) is 6.26 Å². The highest BCUT2D eigenvalue weighted by Crippen LogP contribution is 2.47. The molecule has 1 aromatic heterocycles. The molecule has 84 valence electrons. The monoisotopic (exact) mass is 224 g/mol. The predicted molar refractivity (Wildman–Crippen MR) is 68.7 cm³/mol. The Kier molecular flexibility index (Phi) is 5.11. The highest BCUT2D eigenvalue weighted by molar-refractivity contribution is 7.62. The average molecular weight is 224 g/mol. The molecule has 0 spiro atoms. The van der Waals surface area contributed by atoms with Crippen molar-refractivity contribution in [1.29, 1.82) is 0 Å². The first-order valence-corrected chi connectivity index (χ1v) is 7.12. The molecule has 0 N–H and O–H groups in total. The standard InChI is InChI=1S/C13H21OP/c1-11(2)15(12(3)4)10-6-8-13-7-5-9-14-13/h5-7,9-12H,8H2,1-4H3. The molecule has 0 amide bonds. The minimum atomic E-state index is 0.0173. The maximum atomic E-state index is 5.29. The Labute approximate surface area is 94.3 Å². The number of furan rings is 1. The van der Waals surface area contributed by atoms with Gasteiger partial charge in [-0.2, -0.15) is 0 Å². The quantitative estimate of drug-likeness (QED) is 0.664. The zero-order valence-electron chi connectivity index (χ0n) is 10.1. The first-order valence-electron chi connectivity index (χ1n) is 5.57. The summed E-state index contributed by atoms with van der Waals surface area (Å²) in [7, 11) is 0.0173. The summed E-state index contributed by atoms with van der Waals surface area (Å²) in [6.07, 6.45) is 4.91. The lowest BCUT2D eigenvalue weighted by Gasteiger charge is -2.21. The van der Waals surface area contributed by atoms with Crippen molar-refractivity contribution < 1.29 is 4.42 Å². The van der Waals surface area contributed by atoms with Gasteiger partial charge >= 0.3 is 0 Å². The fraction of sp³-hybridized carbons (Fsp3) is 0.538. The van der Waals surface area contributed by atoms with Gasteiger partial charge in [0.25, 0.3) is 0 Å². The van der Waals surface area contributed by atoms with Crippen LogP contribution in [0.25, 0.3) is 0 Å². The van der Waals surface area contributed by atoms with E-state index < -0.39 is 0 Å². The van der Waals surface area contributed by atoms with Crippen LogP contribution in [0.15, 0.2) is 34.7 Å². The Hall–Kier alpha value is -0.550. The number of rotatable bonds is 5. The van der Waals surface area contributed by atoms with E-state index in [0.717, 1.165) is 23.5 Å². The maximum Gasteiger partial charge on any atom is 0.107 e. The summed E-state index contributed by atoms with van der Waals surface area (Å²) in [6, 6.07) is 3.97. The van der Waals surface area contributed by atoms with Crippen molar-refractivity contribution in [1.82, 2.24) is 0 Å². The Morgan fingerprint density at radius 1 is 1.27 bits per heavy atom. The van der Waals surface area contributed by atoms with Crippen molar-refractivity contribution in [2.45, 2.75) is 45.4 Å². The van der Waals surface area contributed by atoms with Crippen molar-refractivity contribution in [3.8, 4) is 0 Å². The summed E-state index contributed by atoms with van der Waals surface area (Å²) in [5.41, 5.74) is 1.54. The van der Waals surface area contributed by atoms with Crippen molar-refractivity contribution in [2.24, 2.45) is 0 Å². The molecule has 0 aliphatic heterocycles.